The minimum atomic E-state index is -0.154. The van der Waals surface area contributed by atoms with Crippen molar-refractivity contribution in [3.63, 3.8) is 0 Å². The van der Waals surface area contributed by atoms with Gasteiger partial charge in [0.1, 0.15) is 5.69 Å². The summed E-state index contributed by atoms with van der Waals surface area (Å²) in [5.41, 5.74) is 1.68. The lowest BCUT2D eigenvalue weighted by molar-refractivity contribution is 0.383. The summed E-state index contributed by atoms with van der Waals surface area (Å²) in [5, 5.41) is 4.39. The molecule has 0 fully saturated rings. The van der Waals surface area contributed by atoms with Gasteiger partial charge in [0, 0.05) is 12.4 Å². The Hall–Kier alpha value is -1.36. The molecule has 1 unspecified atom stereocenters. The van der Waals surface area contributed by atoms with Crippen LogP contribution in [0.3, 0.4) is 0 Å². The predicted molar refractivity (Wildman–Crippen MR) is 80.6 cm³/mol. The topological polar surface area (TPSA) is 47.0 Å². The van der Waals surface area contributed by atoms with Crippen molar-refractivity contribution in [2.75, 3.05) is 13.7 Å². The Bertz CT molecular complexity index is 592. The number of ether oxygens (including phenoxy) is 1. The van der Waals surface area contributed by atoms with Gasteiger partial charge in [-0.3, -0.25) is 4.98 Å². The number of hydrogen-bond donors (Lipinski definition) is 1. The van der Waals surface area contributed by atoms with Crippen molar-refractivity contribution in [1.82, 2.24) is 15.3 Å². The van der Waals surface area contributed by atoms with Crippen LogP contribution in [0.5, 0.6) is 5.88 Å². The molecule has 1 N–H and O–H groups in total. The molecule has 2 aromatic rings. The van der Waals surface area contributed by atoms with Crippen molar-refractivity contribution in [3.8, 4) is 5.88 Å². The van der Waals surface area contributed by atoms with Crippen LogP contribution in [0.1, 0.15) is 24.2 Å². The van der Waals surface area contributed by atoms with Crippen molar-refractivity contribution in [1.29, 1.82) is 0 Å². The van der Waals surface area contributed by atoms with Crippen LogP contribution in [0.4, 0.5) is 0 Å². The van der Waals surface area contributed by atoms with E-state index in [1.807, 2.05) is 19.1 Å². The predicted octanol–water partition coefficient (Wildman–Crippen LogP) is 3.49. The second-order valence-corrected chi connectivity index (χ2v) is 4.93. The Morgan fingerprint density at radius 1 is 1.20 bits per heavy atom. The molecule has 0 aliphatic heterocycles. The molecule has 4 nitrogen and oxygen atoms in total. The lowest BCUT2D eigenvalue weighted by Crippen LogP contribution is -2.23. The summed E-state index contributed by atoms with van der Waals surface area (Å²) in [6.45, 7) is 2.79. The van der Waals surface area contributed by atoms with Gasteiger partial charge in [-0.05, 0) is 24.2 Å². The number of aromatic nitrogens is 2. The number of rotatable bonds is 5. The zero-order chi connectivity index (χ0) is 14.5. The number of methoxy groups -OCH3 is 1. The first-order valence-electron chi connectivity index (χ1n) is 6.20. The lowest BCUT2D eigenvalue weighted by Gasteiger charge is -2.19. The molecule has 0 radical (unpaired) electrons. The van der Waals surface area contributed by atoms with Gasteiger partial charge in [0.05, 0.1) is 23.2 Å². The summed E-state index contributed by atoms with van der Waals surface area (Å²) in [6.07, 6.45) is 3.24. The maximum Gasteiger partial charge on any atom is 0.237 e. The standard InChI is InChI=1S/C14H15Cl2N3O/c1-3-17-12(9-4-5-10(15)11(16)8-9)13-14(20-2)19-7-6-18-13/h4-8,12,17H,3H2,1-2H3. The quantitative estimate of drug-likeness (QED) is 0.918. The lowest BCUT2D eigenvalue weighted by atomic mass is 10.0. The van der Waals surface area contributed by atoms with Crippen molar-refractivity contribution >= 4 is 23.2 Å². The number of benzene rings is 1. The highest BCUT2D eigenvalue weighted by Gasteiger charge is 2.20. The minimum Gasteiger partial charge on any atom is -0.480 e. The van der Waals surface area contributed by atoms with Crippen molar-refractivity contribution < 1.29 is 4.74 Å². The van der Waals surface area contributed by atoms with Crippen LogP contribution in [0.15, 0.2) is 30.6 Å². The van der Waals surface area contributed by atoms with Crippen LogP contribution in [-0.2, 0) is 0 Å². The van der Waals surface area contributed by atoms with Gasteiger partial charge >= 0.3 is 0 Å². The Morgan fingerprint density at radius 2 is 1.95 bits per heavy atom. The molecule has 0 amide bonds. The first-order chi connectivity index (χ1) is 9.67. The molecule has 0 aliphatic rings. The van der Waals surface area contributed by atoms with E-state index in [9.17, 15) is 0 Å². The minimum absolute atomic E-state index is 0.154. The highest BCUT2D eigenvalue weighted by Crippen LogP contribution is 2.30. The summed E-state index contributed by atoms with van der Waals surface area (Å²) in [6, 6.07) is 5.35. The molecule has 0 saturated heterocycles. The summed E-state index contributed by atoms with van der Waals surface area (Å²) < 4.78 is 5.28. The zero-order valence-corrected chi connectivity index (χ0v) is 12.7. The van der Waals surface area contributed by atoms with Crippen LogP contribution in [0.25, 0.3) is 0 Å². The van der Waals surface area contributed by atoms with Gasteiger partial charge in [-0.2, -0.15) is 0 Å². The van der Waals surface area contributed by atoms with Crippen LogP contribution in [0, 0.1) is 0 Å². The Labute approximate surface area is 128 Å². The van der Waals surface area contributed by atoms with Crippen LogP contribution in [0.2, 0.25) is 10.0 Å². The molecular weight excluding hydrogens is 297 g/mol. The fourth-order valence-corrected chi connectivity index (χ4v) is 2.27. The monoisotopic (exact) mass is 311 g/mol. The normalized spacial score (nSPS) is 12.2. The second-order valence-electron chi connectivity index (χ2n) is 4.12. The molecule has 6 heteroatoms. The number of nitrogens with zero attached hydrogens (tertiary/aromatic N) is 2. The maximum absolute atomic E-state index is 6.09. The van der Waals surface area contributed by atoms with Gasteiger partial charge in [0.25, 0.3) is 0 Å². The Kier molecular flexibility index (Phi) is 5.17. The van der Waals surface area contributed by atoms with Gasteiger partial charge < -0.3 is 10.1 Å². The maximum atomic E-state index is 6.09. The van der Waals surface area contributed by atoms with Gasteiger partial charge in [-0.15, -0.1) is 0 Å². The molecule has 0 aliphatic carbocycles. The highest BCUT2D eigenvalue weighted by atomic mass is 35.5. The molecule has 2 rings (SSSR count). The molecule has 1 heterocycles. The summed E-state index contributed by atoms with van der Waals surface area (Å²) in [4.78, 5) is 8.55. The van der Waals surface area contributed by atoms with Crippen LogP contribution < -0.4 is 10.1 Å². The van der Waals surface area contributed by atoms with E-state index in [0.29, 0.717) is 15.9 Å². The van der Waals surface area contributed by atoms with Gasteiger partial charge in [-0.1, -0.05) is 36.2 Å². The molecule has 20 heavy (non-hydrogen) atoms. The molecule has 1 atom stereocenters. The van der Waals surface area contributed by atoms with E-state index in [2.05, 4.69) is 15.3 Å². The average Bonchev–Trinajstić information content (AvgIpc) is 2.48. The SMILES string of the molecule is CCNC(c1ccc(Cl)c(Cl)c1)c1nccnc1OC. The summed E-state index contributed by atoms with van der Waals surface area (Å²) in [5.74, 6) is 0.490. The third-order valence-electron chi connectivity index (χ3n) is 2.84. The summed E-state index contributed by atoms with van der Waals surface area (Å²) >= 11 is 12.1. The third-order valence-corrected chi connectivity index (χ3v) is 3.58. The van der Waals surface area contributed by atoms with E-state index in [1.54, 1.807) is 25.6 Å². The number of halogens is 2. The molecule has 1 aromatic carbocycles. The van der Waals surface area contributed by atoms with E-state index >= 15 is 0 Å². The molecule has 1 aromatic heterocycles. The molecule has 106 valence electrons. The van der Waals surface area contributed by atoms with Gasteiger partial charge in [-0.25, -0.2) is 4.98 Å². The molecule has 0 spiro atoms. The fourth-order valence-electron chi connectivity index (χ4n) is 1.96. The van der Waals surface area contributed by atoms with E-state index in [1.165, 1.54) is 0 Å². The first-order valence-corrected chi connectivity index (χ1v) is 6.96. The second kappa shape index (κ2) is 6.88. The first kappa shape index (κ1) is 15.0. The van der Waals surface area contributed by atoms with Gasteiger partial charge in [0.2, 0.25) is 5.88 Å². The number of hydrogen-bond acceptors (Lipinski definition) is 4. The summed E-state index contributed by atoms with van der Waals surface area (Å²) in [7, 11) is 1.57. The van der Waals surface area contributed by atoms with Crippen LogP contribution in [-0.4, -0.2) is 23.6 Å². The Balaban J connectivity index is 2.47. The Morgan fingerprint density at radius 3 is 2.60 bits per heavy atom. The van der Waals surface area contributed by atoms with Gasteiger partial charge in [0.15, 0.2) is 0 Å². The average molecular weight is 312 g/mol. The van der Waals surface area contributed by atoms with Crippen molar-refractivity contribution in [2.45, 2.75) is 13.0 Å². The van der Waals surface area contributed by atoms with E-state index in [0.717, 1.165) is 17.8 Å². The van der Waals surface area contributed by atoms with Crippen molar-refractivity contribution in [3.05, 3.63) is 51.9 Å². The van der Waals surface area contributed by atoms with E-state index < -0.39 is 0 Å². The molecule has 0 saturated carbocycles. The fraction of sp³-hybridized carbons (Fsp3) is 0.286. The van der Waals surface area contributed by atoms with Crippen LogP contribution >= 0.6 is 23.2 Å². The molecular formula is C14H15Cl2N3O. The zero-order valence-electron chi connectivity index (χ0n) is 11.2. The van der Waals surface area contributed by atoms with Crippen molar-refractivity contribution in [2.24, 2.45) is 0 Å². The largest absolute Gasteiger partial charge is 0.480 e. The molecule has 0 bridgehead atoms. The highest BCUT2D eigenvalue weighted by molar-refractivity contribution is 6.42. The van der Waals surface area contributed by atoms with E-state index in [-0.39, 0.29) is 6.04 Å². The number of nitrogens with one attached hydrogen (secondary N) is 1. The third kappa shape index (κ3) is 3.20. The van der Waals surface area contributed by atoms with E-state index in [4.69, 9.17) is 27.9 Å². The smallest absolute Gasteiger partial charge is 0.237 e.